The van der Waals surface area contributed by atoms with Crippen LogP contribution in [0.3, 0.4) is 0 Å². The van der Waals surface area contributed by atoms with Crippen LogP contribution >= 0.6 is 0 Å². The van der Waals surface area contributed by atoms with Crippen molar-refractivity contribution in [2.24, 2.45) is 0 Å². The van der Waals surface area contributed by atoms with Crippen molar-refractivity contribution in [1.29, 1.82) is 0 Å². The summed E-state index contributed by atoms with van der Waals surface area (Å²) in [6.45, 7) is 7.12. The number of alkyl halides is 3. The average Bonchev–Trinajstić information content (AvgIpc) is 3.19. The van der Waals surface area contributed by atoms with Gasteiger partial charge in [-0.05, 0) is 37.0 Å². The van der Waals surface area contributed by atoms with E-state index in [1.54, 1.807) is 14.2 Å². The van der Waals surface area contributed by atoms with E-state index in [0.717, 1.165) is 50.5 Å². The molecule has 0 radical (unpaired) electrons. The Morgan fingerprint density at radius 1 is 1.28 bits per heavy atom. The topological polar surface area (TPSA) is 77.5 Å². The summed E-state index contributed by atoms with van der Waals surface area (Å²) in [6.07, 6.45) is 0.312. The Morgan fingerprint density at radius 3 is 2.56 bits per heavy atom. The van der Waals surface area contributed by atoms with Gasteiger partial charge in [0, 0.05) is 19.1 Å². The predicted molar refractivity (Wildman–Crippen MR) is 111 cm³/mol. The lowest BCUT2D eigenvalue weighted by atomic mass is 10.1. The largest absolute Gasteiger partial charge is 0.493 e. The predicted octanol–water partition coefficient (Wildman–Crippen LogP) is 3.31. The molecule has 3 atom stereocenters. The Morgan fingerprint density at radius 2 is 1.97 bits per heavy atom. The smallest absolute Gasteiger partial charge is 0.490 e. The van der Waals surface area contributed by atoms with Gasteiger partial charge in [-0.2, -0.15) is 13.2 Å². The molecule has 2 aliphatic rings. The number of carboxylic acids is 1. The Hall–Kier alpha value is -2.30. The highest BCUT2D eigenvalue weighted by molar-refractivity contribution is 5.73. The van der Waals surface area contributed by atoms with Gasteiger partial charge in [0.15, 0.2) is 11.5 Å². The maximum absolute atomic E-state index is 10.6. The first-order valence-corrected chi connectivity index (χ1v) is 10.3. The van der Waals surface area contributed by atoms with E-state index in [-0.39, 0.29) is 12.2 Å². The minimum atomic E-state index is -5.08. The molecular weight excluding hydrogens is 431 g/mol. The summed E-state index contributed by atoms with van der Waals surface area (Å²) in [6, 6.07) is 6.62. The van der Waals surface area contributed by atoms with E-state index in [4.69, 9.17) is 28.8 Å². The maximum atomic E-state index is 10.6. The Bertz CT molecular complexity index is 758. The van der Waals surface area contributed by atoms with E-state index in [9.17, 15) is 13.2 Å². The van der Waals surface area contributed by atoms with Crippen LogP contribution in [-0.2, 0) is 20.7 Å². The van der Waals surface area contributed by atoms with Gasteiger partial charge in [0.05, 0.1) is 39.6 Å². The number of morpholine rings is 1. The molecule has 7 nitrogen and oxygen atoms in total. The minimum absolute atomic E-state index is 0.194. The van der Waals surface area contributed by atoms with Gasteiger partial charge < -0.3 is 24.1 Å². The zero-order valence-electron chi connectivity index (χ0n) is 18.3. The molecule has 1 aromatic rings. The van der Waals surface area contributed by atoms with Crippen molar-refractivity contribution >= 4 is 5.97 Å². The standard InChI is InChI=1S/C20H29NO4.C2HF3O2/c1-4-12-24-18-8-6-16-20(18)25-13-11-21(16)10-9-15-5-7-17(22-2)19(14-15)23-3;3-2(4,5)1(6)7/h4-5,7,14,16,18,20H,1,6,8-13H2,2-3H3;(H,6,7)/t16-,18-,20+;/m0./s1. The van der Waals surface area contributed by atoms with Crippen molar-refractivity contribution in [3.05, 3.63) is 36.4 Å². The van der Waals surface area contributed by atoms with Crippen molar-refractivity contribution in [3.63, 3.8) is 0 Å². The van der Waals surface area contributed by atoms with E-state index in [2.05, 4.69) is 23.6 Å². The monoisotopic (exact) mass is 461 g/mol. The second-order valence-corrected chi connectivity index (χ2v) is 7.42. The number of halogens is 3. The fraction of sp³-hybridized carbons (Fsp3) is 0.591. The summed E-state index contributed by atoms with van der Waals surface area (Å²) in [5.74, 6) is -1.19. The van der Waals surface area contributed by atoms with Crippen molar-refractivity contribution in [2.75, 3.05) is 40.5 Å². The SMILES string of the molecule is C=CCO[C@H]1CC[C@H]2[C@H]1OCCN2CCc1ccc(OC)c(OC)c1.O=C(O)C(F)(F)F. The molecule has 2 fully saturated rings. The van der Waals surface area contributed by atoms with Gasteiger partial charge in [-0.3, -0.25) is 4.90 Å². The number of hydrogen-bond acceptors (Lipinski definition) is 6. The Labute approximate surface area is 185 Å². The quantitative estimate of drug-likeness (QED) is 0.595. The molecule has 1 saturated heterocycles. The van der Waals surface area contributed by atoms with Crippen LogP contribution in [0.15, 0.2) is 30.9 Å². The second-order valence-electron chi connectivity index (χ2n) is 7.42. The summed E-state index contributed by atoms with van der Waals surface area (Å²) in [7, 11) is 3.34. The van der Waals surface area contributed by atoms with Crippen LogP contribution in [0.1, 0.15) is 18.4 Å². The van der Waals surface area contributed by atoms with Crippen molar-refractivity contribution in [1.82, 2.24) is 4.90 Å². The molecule has 0 bridgehead atoms. The molecule has 1 aromatic carbocycles. The molecule has 10 heteroatoms. The van der Waals surface area contributed by atoms with Crippen LogP contribution in [0.5, 0.6) is 11.5 Å². The number of fused-ring (bicyclic) bond motifs is 1. The number of aliphatic carboxylic acids is 1. The number of hydrogen-bond donors (Lipinski definition) is 1. The third-order valence-corrected chi connectivity index (χ3v) is 5.46. The molecule has 1 saturated carbocycles. The molecule has 1 aliphatic carbocycles. The lowest BCUT2D eigenvalue weighted by molar-refractivity contribution is -0.192. The zero-order chi connectivity index (χ0) is 23.7. The number of nitrogens with zero attached hydrogens (tertiary/aromatic N) is 1. The number of carboxylic acid groups (broad SMARTS) is 1. The van der Waals surface area contributed by atoms with E-state index < -0.39 is 12.1 Å². The zero-order valence-corrected chi connectivity index (χ0v) is 18.3. The van der Waals surface area contributed by atoms with Gasteiger partial charge in [-0.15, -0.1) is 6.58 Å². The van der Waals surface area contributed by atoms with E-state index in [1.807, 2.05) is 12.1 Å². The van der Waals surface area contributed by atoms with Crippen LogP contribution < -0.4 is 9.47 Å². The van der Waals surface area contributed by atoms with Crippen molar-refractivity contribution in [3.8, 4) is 11.5 Å². The molecule has 1 aliphatic heterocycles. The number of ether oxygens (including phenoxy) is 4. The number of rotatable bonds is 8. The molecule has 1 N–H and O–H groups in total. The minimum Gasteiger partial charge on any atom is -0.493 e. The Balaban J connectivity index is 0.000000451. The fourth-order valence-electron chi connectivity index (χ4n) is 3.95. The van der Waals surface area contributed by atoms with Gasteiger partial charge >= 0.3 is 12.1 Å². The summed E-state index contributed by atoms with van der Waals surface area (Å²) in [5, 5.41) is 7.12. The van der Waals surface area contributed by atoms with Crippen molar-refractivity contribution in [2.45, 2.75) is 43.7 Å². The summed E-state index contributed by atoms with van der Waals surface area (Å²) in [5.41, 5.74) is 1.26. The fourth-order valence-corrected chi connectivity index (χ4v) is 3.95. The van der Waals surface area contributed by atoms with Crippen molar-refractivity contribution < 1.29 is 42.0 Å². The van der Waals surface area contributed by atoms with Crippen LogP contribution in [0.25, 0.3) is 0 Å². The van der Waals surface area contributed by atoms with Crippen LogP contribution in [0.4, 0.5) is 13.2 Å². The highest BCUT2D eigenvalue weighted by atomic mass is 19.4. The third-order valence-electron chi connectivity index (χ3n) is 5.46. The molecule has 0 amide bonds. The molecule has 32 heavy (non-hydrogen) atoms. The first-order valence-electron chi connectivity index (χ1n) is 10.3. The summed E-state index contributed by atoms with van der Waals surface area (Å²) < 4.78 is 54.4. The number of methoxy groups -OCH3 is 2. The third kappa shape index (κ3) is 7.11. The van der Waals surface area contributed by atoms with E-state index in [0.29, 0.717) is 12.6 Å². The summed E-state index contributed by atoms with van der Waals surface area (Å²) in [4.78, 5) is 11.5. The molecule has 1 heterocycles. The molecule has 0 spiro atoms. The highest BCUT2D eigenvalue weighted by Gasteiger charge is 2.43. The van der Waals surface area contributed by atoms with Gasteiger partial charge in [0.1, 0.15) is 0 Å². The number of benzene rings is 1. The van der Waals surface area contributed by atoms with E-state index in [1.165, 1.54) is 5.56 Å². The molecular formula is C22H30F3NO6. The van der Waals surface area contributed by atoms with Gasteiger partial charge in [0.2, 0.25) is 0 Å². The normalized spacial score (nSPS) is 23.0. The lowest BCUT2D eigenvalue weighted by Gasteiger charge is -2.39. The lowest BCUT2D eigenvalue weighted by Crippen LogP contribution is -2.52. The molecule has 3 rings (SSSR count). The van der Waals surface area contributed by atoms with Crippen LogP contribution in [0, 0.1) is 0 Å². The number of carbonyl (C=O) groups is 1. The van der Waals surface area contributed by atoms with E-state index >= 15 is 0 Å². The van der Waals surface area contributed by atoms with Gasteiger partial charge in [-0.1, -0.05) is 12.1 Å². The highest BCUT2D eigenvalue weighted by Crippen LogP contribution is 2.33. The molecule has 0 unspecified atom stereocenters. The molecule has 0 aromatic heterocycles. The van der Waals surface area contributed by atoms with Crippen LogP contribution in [-0.4, -0.2) is 80.9 Å². The van der Waals surface area contributed by atoms with Gasteiger partial charge in [-0.25, -0.2) is 4.79 Å². The van der Waals surface area contributed by atoms with Crippen LogP contribution in [0.2, 0.25) is 0 Å². The first-order chi connectivity index (χ1) is 15.2. The maximum Gasteiger partial charge on any atom is 0.490 e. The Kier molecular flexibility index (Phi) is 9.80. The first kappa shape index (κ1) is 26.0. The van der Waals surface area contributed by atoms with Gasteiger partial charge in [0.25, 0.3) is 0 Å². The second kappa shape index (κ2) is 12.1. The molecule has 180 valence electrons. The average molecular weight is 461 g/mol. The summed E-state index contributed by atoms with van der Waals surface area (Å²) >= 11 is 0.